The van der Waals surface area contributed by atoms with E-state index in [0.717, 1.165) is 61.4 Å². The third-order valence-corrected chi connectivity index (χ3v) is 6.88. The van der Waals surface area contributed by atoms with Crippen molar-refractivity contribution < 1.29 is 13.2 Å². The fraction of sp³-hybridized carbons (Fsp3) is 0.650. The van der Waals surface area contributed by atoms with Gasteiger partial charge in [0.15, 0.2) is 0 Å². The van der Waals surface area contributed by atoms with Crippen LogP contribution in [0.15, 0.2) is 17.5 Å². The maximum Gasteiger partial charge on any atom is 0.393 e. The van der Waals surface area contributed by atoms with Gasteiger partial charge < -0.3 is 10.2 Å². The number of rotatable bonds is 5. The van der Waals surface area contributed by atoms with Crippen LogP contribution in [-0.4, -0.2) is 66.1 Å². The third kappa shape index (κ3) is 5.03. The van der Waals surface area contributed by atoms with Crippen molar-refractivity contribution in [1.29, 1.82) is 0 Å². The highest BCUT2D eigenvalue weighted by molar-refractivity contribution is 7.18. The van der Waals surface area contributed by atoms with Gasteiger partial charge in [-0.1, -0.05) is 0 Å². The Labute approximate surface area is 178 Å². The summed E-state index contributed by atoms with van der Waals surface area (Å²) < 4.78 is 38.4. The minimum absolute atomic E-state index is 0.283. The van der Waals surface area contributed by atoms with Crippen LogP contribution in [0.2, 0.25) is 0 Å². The number of aromatic nitrogens is 2. The van der Waals surface area contributed by atoms with Gasteiger partial charge >= 0.3 is 6.18 Å². The molecule has 2 aliphatic rings. The third-order valence-electron chi connectivity index (χ3n) is 5.83. The average Bonchev–Trinajstić information content (AvgIpc) is 3.20. The Balaban J connectivity index is 1.43. The first-order valence-electron chi connectivity index (χ1n) is 10.3. The summed E-state index contributed by atoms with van der Waals surface area (Å²) in [5.41, 5.74) is 0. The second kappa shape index (κ2) is 8.66. The highest BCUT2D eigenvalue weighted by Crippen LogP contribution is 2.34. The number of thiophene rings is 1. The highest BCUT2D eigenvalue weighted by atomic mass is 32.1. The molecule has 1 unspecified atom stereocenters. The fourth-order valence-electron chi connectivity index (χ4n) is 4.29. The van der Waals surface area contributed by atoms with Gasteiger partial charge in [-0.2, -0.15) is 18.3 Å². The van der Waals surface area contributed by atoms with Gasteiger partial charge in [0.25, 0.3) is 0 Å². The second-order valence-corrected chi connectivity index (χ2v) is 9.37. The van der Waals surface area contributed by atoms with Crippen LogP contribution >= 0.6 is 11.3 Å². The van der Waals surface area contributed by atoms with E-state index < -0.39 is 12.6 Å². The van der Waals surface area contributed by atoms with Crippen LogP contribution in [0.3, 0.4) is 0 Å². The molecule has 0 aliphatic carbocycles. The van der Waals surface area contributed by atoms with Crippen molar-refractivity contribution in [3.05, 3.63) is 17.3 Å². The van der Waals surface area contributed by atoms with Gasteiger partial charge in [0.05, 0.1) is 11.8 Å². The van der Waals surface area contributed by atoms with Crippen LogP contribution in [0.5, 0.6) is 0 Å². The predicted molar refractivity (Wildman–Crippen MR) is 114 cm³/mol. The molecule has 0 amide bonds. The predicted octanol–water partition coefficient (Wildman–Crippen LogP) is 3.68. The van der Waals surface area contributed by atoms with Gasteiger partial charge in [0.1, 0.15) is 17.0 Å². The van der Waals surface area contributed by atoms with E-state index in [-0.39, 0.29) is 4.88 Å². The molecule has 0 bridgehead atoms. The Morgan fingerprint density at radius 1 is 1.27 bits per heavy atom. The van der Waals surface area contributed by atoms with Crippen molar-refractivity contribution in [3.8, 4) is 0 Å². The molecule has 6 nitrogen and oxygen atoms in total. The SMILES string of the molecule is C[C@@H](N[C@@H]1CCCN(c2ncnc3sc(CC(F)(F)F)cc23)CC1)C1C=NN(C)C1. The van der Waals surface area contributed by atoms with Gasteiger partial charge in [-0.25, -0.2) is 9.97 Å². The molecule has 2 aliphatic heterocycles. The van der Waals surface area contributed by atoms with E-state index in [2.05, 4.69) is 32.2 Å². The van der Waals surface area contributed by atoms with Gasteiger partial charge in [0, 0.05) is 55.8 Å². The number of fused-ring (bicyclic) bond motifs is 1. The Kier molecular flexibility index (Phi) is 6.15. The maximum atomic E-state index is 12.8. The van der Waals surface area contributed by atoms with Crippen molar-refractivity contribution >= 4 is 33.6 Å². The molecule has 10 heteroatoms. The normalized spacial score (nSPS) is 23.9. The first kappa shape index (κ1) is 21.3. The van der Waals surface area contributed by atoms with Crippen molar-refractivity contribution in [1.82, 2.24) is 20.3 Å². The fourth-order valence-corrected chi connectivity index (χ4v) is 5.31. The number of nitrogens with one attached hydrogen (secondary N) is 1. The Morgan fingerprint density at radius 2 is 2.10 bits per heavy atom. The molecule has 30 heavy (non-hydrogen) atoms. The Morgan fingerprint density at radius 3 is 2.83 bits per heavy atom. The molecular formula is C20H27F3N6S. The summed E-state index contributed by atoms with van der Waals surface area (Å²) in [5, 5.41) is 10.8. The van der Waals surface area contributed by atoms with Gasteiger partial charge in [-0.15, -0.1) is 11.3 Å². The molecule has 0 aromatic carbocycles. The van der Waals surface area contributed by atoms with Crippen LogP contribution in [0.25, 0.3) is 10.2 Å². The molecule has 4 heterocycles. The van der Waals surface area contributed by atoms with Gasteiger partial charge in [-0.05, 0) is 32.3 Å². The molecule has 0 radical (unpaired) electrons. The molecule has 0 saturated carbocycles. The Hall–Kier alpha value is -1.94. The van der Waals surface area contributed by atoms with E-state index in [4.69, 9.17) is 0 Å². The smallest absolute Gasteiger partial charge is 0.356 e. The van der Waals surface area contributed by atoms with E-state index >= 15 is 0 Å². The first-order valence-corrected chi connectivity index (χ1v) is 11.2. The zero-order valence-corrected chi connectivity index (χ0v) is 18.0. The minimum Gasteiger partial charge on any atom is -0.356 e. The molecule has 4 rings (SSSR count). The summed E-state index contributed by atoms with van der Waals surface area (Å²) in [6.07, 6.45) is 1.39. The monoisotopic (exact) mass is 440 g/mol. The lowest BCUT2D eigenvalue weighted by molar-refractivity contribution is -0.126. The maximum absolute atomic E-state index is 12.8. The van der Waals surface area contributed by atoms with E-state index in [1.807, 2.05) is 18.3 Å². The molecule has 2 aromatic heterocycles. The lowest BCUT2D eigenvalue weighted by Gasteiger charge is -2.26. The Bertz CT molecular complexity index is 898. The zero-order chi connectivity index (χ0) is 21.3. The minimum atomic E-state index is -4.22. The largest absolute Gasteiger partial charge is 0.393 e. The molecule has 1 saturated heterocycles. The standard InChI is InChI=1S/C20H27F3N6S/c1-13(14-10-26-28(2)11-14)27-15-4-3-6-29(7-5-15)18-17-8-16(9-20(21,22)23)30-19(17)25-12-24-18/h8,10,12-15,27H,3-7,9,11H2,1-2H3/t13-,14?,15-/m1/s1. The van der Waals surface area contributed by atoms with Crippen LogP contribution in [0, 0.1) is 5.92 Å². The summed E-state index contributed by atoms with van der Waals surface area (Å²) in [5.74, 6) is 1.16. The van der Waals surface area contributed by atoms with Crippen molar-refractivity contribution in [2.75, 3.05) is 31.6 Å². The summed E-state index contributed by atoms with van der Waals surface area (Å²) >= 11 is 1.10. The summed E-state index contributed by atoms with van der Waals surface area (Å²) in [7, 11) is 1.99. The second-order valence-electron chi connectivity index (χ2n) is 8.26. The first-order chi connectivity index (χ1) is 14.3. The number of hydrogen-bond acceptors (Lipinski definition) is 7. The summed E-state index contributed by atoms with van der Waals surface area (Å²) in [4.78, 5) is 11.7. The van der Waals surface area contributed by atoms with E-state index in [1.54, 1.807) is 6.07 Å². The number of anilines is 1. The van der Waals surface area contributed by atoms with Crippen LogP contribution < -0.4 is 10.2 Å². The molecule has 2 aromatic rings. The number of alkyl halides is 3. The highest BCUT2D eigenvalue weighted by Gasteiger charge is 2.30. The van der Waals surface area contributed by atoms with E-state index in [9.17, 15) is 13.2 Å². The quantitative estimate of drug-likeness (QED) is 0.769. The van der Waals surface area contributed by atoms with Crippen molar-refractivity contribution in [3.63, 3.8) is 0 Å². The van der Waals surface area contributed by atoms with Crippen LogP contribution in [-0.2, 0) is 6.42 Å². The molecule has 1 N–H and O–H groups in total. The van der Waals surface area contributed by atoms with Crippen molar-refractivity contribution in [2.45, 2.75) is 50.9 Å². The van der Waals surface area contributed by atoms with Gasteiger partial charge in [-0.3, -0.25) is 5.01 Å². The topological polar surface area (TPSA) is 56.6 Å². The van der Waals surface area contributed by atoms with E-state index in [1.165, 1.54) is 6.33 Å². The van der Waals surface area contributed by atoms with Crippen LogP contribution in [0.4, 0.5) is 19.0 Å². The summed E-state index contributed by atoms with van der Waals surface area (Å²) in [6.45, 7) is 4.81. The lowest BCUT2D eigenvalue weighted by Crippen LogP contribution is -2.43. The molecule has 3 atom stereocenters. The molecule has 0 spiro atoms. The van der Waals surface area contributed by atoms with Gasteiger partial charge in [0.2, 0.25) is 0 Å². The average molecular weight is 441 g/mol. The molecule has 164 valence electrons. The molecule has 1 fully saturated rings. The molecular weight excluding hydrogens is 413 g/mol. The summed E-state index contributed by atoms with van der Waals surface area (Å²) in [6, 6.07) is 2.37. The number of nitrogens with zero attached hydrogens (tertiary/aromatic N) is 5. The zero-order valence-electron chi connectivity index (χ0n) is 17.2. The number of halogens is 3. The van der Waals surface area contributed by atoms with Crippen LogP contribution in [0.1, 0.15) is 31.1 Å². The van der Waals surface area contributed by atoms with E-state index in [0.29, 0.717) is 22.8 Å². The number of hydrazone groups is 1. The lowest BCUT2D eigenvalue weighted by atomic mass is 10.0. The number of hydrogen-bond donors (Lipinski definition) is 1. The van der Waals surface area contributed by atoms with Crippen molar-refractivity contribution in [2.24, 2.45) is 11.0 Å².